The second-order valence-electron chi connectivity index (χ2n) is 2.22. The number of hydrogen-bond donors (Lipinski definition) is 1. The Balaban J connectivity index is 4.31. The third-order valence-electron chi connectivity index (χ3n) is 1.18. The van der Waals surface area contributed by atoms with Crippen molar-refractivity contribution in [3.8, 4) is 0 Å². The Morgan fingerprint density at radius 1 is 1.45 bits per heavy atom. The first-order valence-electron chi connectivity index (χ1n) is 3.68. The molecule has 0 aliphatic rings. The molecular weight excluding hydrogens is 138 g/mol. The van der Waals surface area contributed by atoms with Crippen LogP contribution in [0.5, 0.6) is 0 Å². The summed E-state index contributed by atoms with van der Waals surface area (Å²) in [4.78, 5) is 4.14. The molecule has 0 amide bonds. The molecule has 2 nitrogen and oxygen atoms in total. The van der Waals surface area contributed by atoms with Gasteiger partial charge in [-0.05, 0) is 26.8 Å². The Bertz CT molecular complexity index is 190. The first-order valence-corrected chi connectivity index (χ1v) is 3.68. The molecule has 0 aliphatic heterocycles. The van der Waals surface area contributed by atoms with Crippen molar-refractivity contribution in [1.82, 2.24) is 0 Å². The summed E-state index contributed by atoms with van der Waals surface area (Å²) >= 11 is 0. The van der Waals surface area contributed by atoms with E-state index in [0.717, 1.165) is 11.4 Å². The fourth-order valence-electron chi connectivity index (χ4n) is 0.625. The molecule has 11 heavy (non-hydrogen) atoms. The van der Waals surface area contributed by atoms with Crippen molar-refractivity contribution in [2.75, 3.05) is 6.61 Å². The van der Waals surface area contributed by atoms with Gasteiger partial charge in [-0.15, -0.1) is 0 Å². The van der Waals surface area contributed by atoms with Crippen molar-refractivity contribution in [2.45, 2.75) is 20.8 Å². The van der Waals surface area contributed by atoms with Crippen LogP contribution in [0.1, 0.15) is 20.8 Å². The number of hydrogen-bond acceptors (Lipinski definition) is 2. The predicted octanol–water partition coefficient (Wildman–Crippen LogP) is 1.92. The van der Waals surface area contributed by atoms with E-state index in [-0.39, 0.29) is 6.61 Å². The molecule has 0 rings (SSSR count). The molecule has 0 spiro atoms. The molecule has 0 aromatic rings. The van der Waals surface area contributed by atoms with E-state index < -0.39 is 0 Å². The van der Waals surface area contributed by atoms with Crippen LogP contribution < -0.4 is 0 Å². The Kier molecular flexibility index (Phi) is 5.39. The van der Waals surface area contributed by atoms with E-state index in [1.54, 1.807) is 6.92 Å². The highest BCUT2D eigenvalue weighted by Gasteiger charge is 1.87. The van der Waals surface area contributed by atoms with Crippen molar-refractivity contribution >= 4 is 5.71 Å². The molecule has 0 unspecified atom stereocenters. The number of nitrogens with zero attached hydrogens (tertiary/aromatic N) is 1. The lowest BCUT2D eigenvalue weighted by molar-refractivity contribution is 0.357. The van der Waals surface area contributed by atoms with E-state index in [9.17, 15) is 0 Å². The van der Waals surface area contributed by atoms with Gasteiger partial charge in [0.1, 0.15) is 0 Å². The van der Waals surface area contributed by atoms with E-state index in [2.05, 4.69) is 4.99 Å². The van der Waals surface area contributed by atoms with Gasteiger partial charge in [0.15, 0.2) is 0 Å². The van der Waals surface area contributed by atoms with Gasteiger partial charge in [0.25, 0.3) is 0 Å². The lowest BCUT2D eigenvalue weighted by Crippen LogP contribution is -1.97. The Morgan fingerprint density at radius 3 is 2.45 bits per heavy atom. The van der Waals surface area contributed by atoms with Gasteiger partial charge in [-0.3, -0.25) is 4.99 Å². The maximum Gasteiger partial charge on any atom is 0.0811 e. The van der Waals surface area contributed by atoms with Crippen molar-refractivity contribution in [1.29, 1.82) is 0 Å². The van der Waals surface area contributed by atoms with Gasteiger partial charge in [-0.2, -0.15) is 0 Å². The lowest BCUT2D eigenvalue weighted by atomic mass is 10.3. The maximum absolute atomic E-state index is 8.67. The number of rotatable bonds is 3. The van der Waals surface area contributed by atoms with Crippen LogP contribution >= 0.6 is 0 Å². The molecule has 0 heterocycles. The van der Waals surface area contributed by atoms with E-state index in [0.29, 0.717) is 0 Å². The van der Waals surface area contributed by atoms with Crippen LogP contribution in [0.25, 0.3) is 0 Å². The predicted molar refractivity (Wildman–Crippen MR) is 48.8 cm³/mol. The Morgan fingerprint density at radius 2 is 2.09 bits per heavy atom. The summed E-state index contributed by atoms with van der Waals surface area (Å²) in [6, 6.07) is 0. The molecule has 1 N–H and O–H groups in total. The quantitative estimate of drug-likeness (QED) is 0.487. The van der Waals surface area contributed by atoms with Crippen LogP contribution in [0.4, 0.5) is 0 Å². The third-order valence-corrected chi connectivity index (χ3v) is 1.18. The zero-order valence-corrected chi connectivity index (χ0v) is 7.33. The number of aliphatic imine (C=N–C) groups is 1. The summed E-state index contributed by atoms with van der Waals surface area (Å²) in [6.07, 6.45) is 5.72. The second-order valence-corrected chi connectivity index (χ2v) is 2.22. The van der Waals surface area contributed by atoms with E-state index in [1.807, 2.05) is 32.1 Å². The molecule has 0 saturated heterocycles. The zero-order valence-electron chi connectivity index (χ0n) is 7.33. The van der Waals surface area contributed by atoms with Crippen LogP contribution in [0.2, 0.25) is 0 Å². The van der Waals surface area contributed by atoms with Crippen LogP contribution in [0.3, 0.4) is 0 Å². The number of aliphatic hydroxyl groups is 1. The van der Waals surface area contributed by atoms with E-state index in [4.69, 9.17) is 5.11 Å². The highest BCUT2D eigenvalue weighted by molar-refractivity contribution is 5.84. The molecule has 0 radical (unpaired) electrons. The topological polar surface area (TPSA) is 32.6 Å². The average molecular weight is 153 g/mol. The van der Waals surface area contributed by atoms with Gasteiger partial charge in [0, 0.05) is 5.71 Å². The summed E-state index contributed by atoms with van der Waals surface area (Å²) in [5, 5.41) is 8.67. The molecule has 0 saturated carbocycles. The van der Waals surface area contributed by atoms with Gasteiger partial charge in [0.05, 0.1) is 12.3 Å². The fraction of sp³-hybridized carbons (Fsp3) is 0.444. The van der Waals surface area contributed by atoms with Crippen molar-refractivity contribution in [2.24, 2.45) is 4.99 Å². The van der Waals surface area contributed by atoms with Crippen LogP contribution in [-0.4, -0.2) is 17.4 Å². The van der Waals surface area contributed by atoms with Crippen molar-refractivity contribution in [3.05, 3.63) is 23.9 Å². The molecule has 2 heteroatoms. The maximum atomic E-state index is 8.67. The normalized spacial score (nSPS) is 14.5. The van der Waals surface area contributed by atoms with Gasteiger partial charge < -0.3 is 5.11 Å². The minimum absolute atomic E-state index is 0.0227. The lowest BCUT2D eigenvalue weighted by Gasteiger charge is -1.94. The molecule has 0 aromatic carbocycles. The molecule has 0 atom stereocenters. The molecule has 0 aliphatic carbocycles. The standard InChI is InChI=1S/C9H15NO/c1-4-6-9(5-2)10-8(3)7-11/h4-6,11H,7H2,1-3H3/b6-4-,9-5-,10-8?. The minimum Gasteiger partial charge on any atom is -0.390 e. The smallest absolute Gasteiger partial charge is 0.0811 e. The molecular formula is C9H15NO. The number of aliphatic hydroxyl groups excluding tert-OH is 1. The van der Waals surface area contributed by atoms with E-state index in [1.165, 1.54) is 0 Å². The summed E-state index contributed by atoms with van der Waals surface area (Å²) < 4.78 is 0. The van der Waals surface area contributed by atoms with E-state index >= 15 is 0 Å². The SMILES string of the molecule is C/C=C\C(=C\C)N=C(C)CO. The van der Waals surface area contributed by atoms with Crippen LogP contribution in [0.15, 0.2) is 28.9 Å². The fourth-order valence-corrected chi connectivity index (χ4v) is 0.625. The summed E-state index contributed by atoms with van der Waals surface area (Å²) in [6.45, 7) is 5.68. The van der Waals surface area contributed by atoms with Gasteiger partial charge in [0.2, 0.25) is 0 Å². The zero-order chi connectivity index (χ0) is 8.69. The molecule has 62 valence electrons. The van der Waals surface area contributed by atoms with Crippen LogP contribution in [0, 0.1) is 0 Å². The monoisotopic (exact) mass is 153 g/mol. The first kappa shape index (κ1) is 10.1. The highest BCUT2D eigenvalue weighted by atomic mass is 16.3. The van der Waals surface area contributed by atoms with Gasteiger partial charge in [-0.25, -0.2) is 0 Å². The Hall–Kier alpha value is -0.890. The summed E-state index contributed by atoms with van der Waals surface area (Å²) in [5.74, 6) is 0. The third kappa shape index (κ3) is 4.51. The molecule has 0 fully saturated rings. The van der Waals surface area contributed by atoms with Crippen molar-refractivity contribution in [3.63, 3.8) is 0 Å². The number of allylic oxidation sites excluding steroid dienone is 3. The largest absolute Gasteiger partial charge is 0.390 e. The van der Waals surface area contributed by atoms with Gasteiger partial charge >= 0.3 is 0 Å². The Labute approximate surface area is 68.0 Å². The molecule has 0 bridgehead atoms. The second kappa shape index (κ2) is 5.86. The summed E-state index contributed by atoms with van der Waals surface area (Å²) in [7, 11) is 0. The van der Waals surface area contributed by atoms with Crippen LogP contribution in [-0.2, 0) is 0 Å². The highest BCUT2D eigenvalue weighted by Crippen LogP contribution is 1.99. The van der Waals surface area contributed by atoms with Crippen molar-refractivity contribution < 1.29 is 5.11 Å². The minimum atomic E-state index is 0.0227. The average Bonchev–Trinajstić information content (AvgIpc) is 2.03. The first-order chi connectivity index (χ1) is 5.24. The van der Waals surface area contributed by atoms with Gasteiger partial charge in [-0.1, -0.05) is 12.2 Å². The molecule has 0 aromatic heterocycles. The summed E-state index contributed by atoms with van der Waals surface area (Å²) in [5.41, 5.74) is 1.62.